The Hall–Kier alpha value is -1.69. The Morgan fingerprint density at radius 2 is 2.11 bits per heavy atom. The van der Waals surface area contributed by atoms with Gasteiger partial charge in [-0.3, -0.25) is 9.79 Å². The van der Waals surface area contributed by atoms with Crippen molar-refractivity contribution in [3.63, 3.8) is 0 Å². The van der Waals surface area contributed by atoms with Crippen LogP contribution < -0.4 is 14.8 Å². The monoisotopic (exact) mass is 264 g/mol. The Kier molecular flexibility index (Phi) is 3.10. The quantitative estimate of drug-likeness (QED) is 0.830. The van der Waals surface area contributed by atoms with Crippen LogP contribution in [-0.4, -0.2) is 36.6 Å². The van der Waals surface area contributed by atoms with Gasteiger partial charge in [0.1, 0.15) is 13.2 Å². The van der Waals surface area contributed by atoms with Gasteiger partial charge in [0.25, 0.3) is 5.91 Å². The van der Waals surface area contributed by atoms with Crippen molar-refractivity contribution in [2.75, 3.05) is 25.5 Å². The Bertz CT molecular complexity index is 516. The Morgan fingerprint density at radius 3 is 2.89 bits per heavy atom. The zero-order chi connectivity index (χ0) is 12.4. The number of aliphatic imine (C=N–C) groups is 1. The van der Waals surface area contributed by atoms with Crippen molar-refractivity contribution >= 4 is 22.8 Å². The molecule has 0 radical (unpaired) electrons. The van der Waals surface area contributed by atoms with E-state index in [9.17, 15) is 4.79 Å². The predicted octanol–water partition coefficient (Wildman–Crippen LogP) is 1.29. The van der Waals surface area contributed by atoms with Gasteiger partial charge in [-0.05, 0) is 18.2 Å². The number of rotatable bonds is 1. The topological polar surface area (TPSA) is 59.9 Å². The lowest BCUT2D eigenvalue weighted by Crippen LogP contribution is -2.27. The molecule has 18 heavy (non-hydrogen) atoms. The molecule has 1 amide bonds. The first kappa shape index (κ1) is 11.4. The third-order valence-corrected chi connectivity index (χ3v) is 3.50. The van der Waals surface area contributed by atoms with Gasteiger partial charge in [-0.15, -0.1) is 0 Å². The lowest BCUT2D eigenvalue weighted by Gasteiger charge is -2.18. The smallest absolute Gasteiger partial charge is 0.257 e. The second-order valence-corrected chi connectivity index (χ2v) is 4.93. The van der Waals surface area contributed by atoms with Gasteiger partial charge < -0.3 is 14.8 Å². The maximum absolute atomic E-state index is 12.0. The summed E-state index contributed by atoms with van der Waals surface area (Å²) in [7, 11) is 0. The number of nitrogens with one attached hydrogen (secondary N) is 1. The molecule has 0 fully saturated rings. The van der Waals surface area contributed by atoms with Gasteiger partial charge >= 0.3 is 0 Å². The van der Waals surface area contributed by atoms with Crippen LogP contribution in [0.15, 0.2) is 23.2 Å². The van der Waals surface area contributed by atoms with E-state index < -0.39 is 0 Å². The molecule has 94 valence electrons. The van der Waals surface area contributed by atoms with E-state index in [2.05, 4.69) is 10.3 Å². The van der Waals surface area contributed by atoms with Crippen LogP contribution in [-0.2, 0) is 0 Å². The normalized spacial score (nSPS) is 17.2. The molecule has 0 unspecified atom stereocenters. The molecule has 3 rings (SSSR count). The van der Waals surface area contributed by atoms with Crippen LogP contribution in [0.2, 0.25) is 0 Å². The molecule has 5 nitrogen and oxygen atoms in total. The van der Waals surface area contributed by atoms with E-state index in [0.717, 1.165) is 12.3 Å². The summed E-state index contributed by atoms with van der Waals surface area (Å²) < 4.78 is 10.9. The Balaban J connectivity index is 1.77. The van der Waals surface area contributed by atoms with E-state index >= 15 is 0 Å². The highest BCUT2D eigenvalue weighted by Crippen LogP contribution is 2.30. The van der Waals surface area contributed by atoms with Crippen LogP contribution in [0.1, 0.15) is 10.4 Å². The highest BCUT2D eigenvalue weighted by Gasteiger charge is 2.17. The summed E-state index contributed by atoms with van der Waals surface area (Å²) in [5.41, 5.74) is 0.550. The SMILES string of the molecule is O=C(NC1=NCCS1)c1ccc2c(c1)OCCO2. The molecule has 2 heterocycles. The largest absolute Gasteiger partial charge is 0.486 e. The highest BCUT2D eigenvalue weighted by atomic mass is 32.2. The molecule has 1 N–H and O–H groups in total. The van der Waals surface area contributed by atoms with Crippen LogP contribution in [0.3, 0.4) is 0 Å². The van der Waals surface area contributed by atoms with E-state index in [4.69, 9.17) is 9.47 Å². The number of ether oxygens (including phenoxy) is 2. The first-order valence-corrected chi connectivity index (χ1v) is 6.70. The fourth-order valence-corrected chi connectivity index (χ4v) is 2.49. The van der Waals surface area contributed by atoms with Gasteiger partial charge in [-0.25, -0.2) is 0 Å². The molecule has 2 aliphatic rings. The van der Waals surface area contributed by atoms with E-state index in [-0.39, 0.29) is 5.91 Å². The summed E-state index contributed by atoms with van der Waals surface area (Å²) in [6, 6.07) is 5.18. The number of amidine groups is 1. The maximum Gasteiger partial charge on any atom is 0.257 e. The van der Waals surface area contributed by atoms with Crippen molar-refractivity contribution in [1.29, 1.82) is 0 Å². The lowest BCUT2D eigenvalue weighted by molar-refractivity contribution is 0.0976. The molecule has 0 bridgehead atoms. The van der Waals surface area contributed by atoms with Crippen molar-refractivity contribution in [3.05, 3.63) is 23.8 Å². The first-order chi connectivity index (χ1) is 8.83. The van der Waals surface area contributed by atoms with Gasteiger partial charge in [0.05, 0.1) is 6.54 Å². The molecule has 6 heteroatoms. The molecule has 0 spiro atoms. The molecule has 0 aliphatic carbocycles. The number of thioether (sulfide) groups is 1. The third-order valence-electron chi connectivity index (χ3n) is 2.61. The average molecular weight is 264 g/mol. The van der Waals surface area contributed by atoms with E-state index in [1.165, 1.54) is 0 Å². The number of hydrogen-bond donors (Lipinski definition) is 1. The van der Waals surface area contributed by atoms with Gasteiger partial charge in [-0.1, -0.05) is 11.8 Å². The summed E-state index contributed by atoms with van der Waals surface area (Å²) in [4.78, 5) is 16.2. The van der Waals surface area contributed by atoms with Gasteiger partial charge in [0, 0.05) is 11.3 Å². The minimum absolute atomic E-state index is 0.167. The van der Waals surface area contributed by atoms with Crippen molar-refractivity contribution in [3.8, 4) is 11.5 Å². The average Bonchev–Trinajstić information content (AvgIpc) is 2.91. The second kappa shape index (κ2) is 4.89. The summed E-state index contributed by atoms with van der Waals surface area (Å²) in [5, 5.41) is 3.47. The number of benzene rings is 1. The summed E-state index contributed by atoms with van der Waals surface area (Å²) in [5.74, 6) is 2.07. The van der Waals surface area contributed by atoms with E-state index in [1.54, 1.807) is 30.0 Å². The van der Waals surface area contributed by atoms with Crippen LogP contribution in [0.25, 0.3) is 0 Å². The summed E-state index contributed by atoms with van der Waals surface area (Å²) >= 11 is 1.56. The molecule has 0 aromatic heterocycles. The zero-order valence-electron chi connectivity index (χ0n) is 9.64. The number of hydrogen-bond acceptors (Lipinski definition) is 5. The Morgan fingerprint density at radius 1 is 1.28 bits per heavy atom. The number of nitrogens with zero attached hydrogens (tertiary/aromatic N) is 1. The molecule has 0 saturated heterocycles. The second-order valence-electron chi connectivity index (χ2n) is 3.85. The fraction of sp³-hybridized carbons (Fsp3) is 0.333. The first-order valence-electron chi connectivity index (χ1n) is 5.71. The number of amides is 1. The van der Waals surface area contributed by atoms with Crippen LogP contribution >= 0.6 is 11.8 Å². The number of fused-ring (bicyclic) bond motifs is 1. The predicted molar refractivity (Wildman–Crippen MR) is 69.7 cm³/mol. The Labute approximate surface area is 109 Å². The van der Waals surface area contributed by atoms with Gasteiger partial charge in [-0.2, -0.15) is 0 Å². The molecular formula is C12H12N2O3S. The van der Waals surface area contributed by atoms with Gasteiger partial charge in [0.2, 0.25) is 0 Å². The number of carbonyl (C=O) groups is 1. The molecular weight excluding hydrogens is 252 g/mol. The van der Waals surface area contributed by atoms with E-state index in [0.29, 0.717) is 35.4 Å². The third kappa shape index (κ3) is 2.28. The van der Waals surface area contributed by atoms with Crippen molar-refractivity contribution in [1.82, 2.24) is 5.32 Å². The fourth-order valence-electron chi connectivity index (χ4n) is 1.76. The highest BCUT2D eigenvalue weighted by molar-refractivity contribution is 8.14. The number of carbonyl (C=O) groups excluding carboxylic acids is 1. The lowest BCUT2D eigenvalue weighted by atomic mass is 10.2. The molecule has 0 saturated carbocycles. The molecule has 1 aromatic carbocycles. The summed E-state index contributed by atoms with van der Waals surface area (Å²) in [6.07, 6.45) is 0. The van der Waals surface area contributed by atoms with Crippen molar-refractivity contribution < 1.29 is 14.3 Å². The van der Waals surface area contributed by atoms with Crippen molar-refractivity contribution in [2.24, 2.45) is 4.99 Å². The molecule has 1 aromatic rings. The summed E-state index contributed by atoms with van der Waals surface area (Å²) in [6.45, 7) is 1.83. The van der Waals surface area contributed by atoms with Crippen LogP contribution in [0.4, 0.5) is 0 Å². The van der Waals surface area contributed by atoms with Crippen molar-refractivity contribution in [2.45, 2.75) is 0 Å². The van der Waals surface area contributed by atoms with E-state index in [1.807, 2.05) is 0 Å². The maximum atomic E-state index is 12.0. The van der Waals surface area contributed by atoms with Gasteiger partial charge in [0.15, 0.2) is 16.7 Å². The molecule has 2 aliphatic heterocycles. The minimum Gasteiger partial charge on any atom is -0.486 e. The standard InChI is InChI=1S/C12H12N2O3S/c15-11(14-12-13-3-6-18-12)8-1-2-9-10(7-8)17-5-4-16-9/h1-2,7H,3-6H2,(H,13,14,15). The van der Waals surface area contributed by atoms with Crippen LogP contribution in [0.5, 0.6) is 11.5 Å². The molecule has 0 atom stereocenters. The minimum atomic E-state index is -0.167. The zero-order valence-corrected chi connectivity index (χ0v) is 10.5. The van der Waals surface area contributed by atoms with Crippen LogP contribution in [0, 0.1) is 0 Å².